The molecule has 2 atom stereocenters. The maximum atomic E-state index is 10.6. The summed E-state index contributed by atoms with van der Waals surface area (Å²) in [7, 11) is 0. The Morgan fingerprint density at radius 2 is 1.77 bits per heavy atom. The first kappa shape index (κ1) is 15.3. The molecule has 0 radical (unpaired) electrons. The molecule has 0 saturated heterocycles. The van der Waals surface area contributed by atoms with Crippen molar-refractivity contribution in [3.63, 3.8) is 0 Å². The van der Waals surface area contributed by atoms with Crippen LogP contribution in [-0.2, 0) is 15.6 Å². The maximum Gasteiger partial charge on any atom is 0.327 e. The van der Waals surface area contributed by atoms with Gasteiger partial charge in [-0.05, 0) is 58.6 Å². The first-order valence-electron chi connectivity index (χ1n) is 8.27. The zero-order valence-corrected chi connectivity index (χ0v) is 14.0. The van der Waals surface area contributed by atoms with Crippen LogP contribution in [0.15, 0.2) is 30.4 Å². The van der Waals surface area contributed by atoms with Crippen LogP contribution in [-0.4, -0.2) is 11.1 Å². The average Bonchev–Trinajstić information content (AvgIpc) is 3.21. The van der Waals surface area contributed by atoms with Gasteiger partial charge in [-0.3, -0.25) is 0 Å². The predicted octanol–water partition coefficient (Wildman–Crippen LogP) is 4.78. The molecule has 0 heterocycles. The number of carbonyl (C=O) groups is 1. The van der Waals surface area contributed by atoms with Crippen LogP contribution in [0, 0.1) is 5.92 Å². The Balaban J connectivity index is 1.90. The van der Waals surface area contributed by atoms with E-state index in [1.54, 1.807) is 0 Å². The number of benzene rings is 1. The van der Waals surface area contributed by atoms with E-state index < -0.39 is 5.97 Å². The average molecular weight is 298 g/mol. The van der Waals surface area contributed by atoms with Gasteiger partial charge in [0.1, 0.15) is 0 Å². The predicted molar refractivity (Wildman–Crippen MR) is 89.4 cm³/mol. The van der Waals surface area contributed by atoms with Crippen molar-refractivity contribution < 1.29 is 9.90 Å². The fourth-order valence-corrected chi connectivity index (χ4v) is 3.85. The van der Waals surface area contributed by atoms with Gasteiger partial charge < -0.3 is 5.11 Å². The smallest absolute Gasteiger partial charge is 0.327 e. The highest BCUT2D eigenvalue weighted by Crippen LogP contribution is 2.51. The molecule has 0 aromatic heterocycles. The molecule has 2 nitrogen and oxygen atoms in total. The van der Waals surface area contributed by atoms with E-state index in [0.717, 1.165) is 6.42 Å². The largest absolute Gasteiger partial charge is 0.478 e. The van der Waals surface area contributed by atoms with Crippen molar-refractivity contribution in [3.05, 3.63) is 47.0 Å². The summed E-state index contributed by atoms with van der Waals surface area (Å²) in [6.45, 7) is 9.38. The second kappa shape index (κ2) is 4.97. The summed E-state index contributed by atoms with van der Waals surface area (Å²) in [6.07, 6.45) is 6.67. The number of rotatable bonds is 3. The Bertz CT molecular complexity index is 637. The quantitative estimate of drug-likeness (QED) is 0.815. The van der Waals surface area contributed by atoms with Gasteiger partial charge >= 0.3 is 5.97 Å². The molecule has 0 bridgehead atoms. The molecular formula is C20H26O2. The van der Waals surface area contributed by atoms with Crippen LogP contribution in [0.1, 0.15) is 69.6 Å². The third-order valence-corrected chi connectivity index (χ3v) is 5.63. The van der Waals surface area contributed by atoms with Gasteiger partial charge in [0.15, 0.2) is 0 Å². The van der Waals surface area contributed by atoms with Crippen LogP contribution in [0.5, 0.6) is 0 Å². The normalized spacial score (nSPS) is 28.4. The van der Waals surface area contributed by atoms with Crippen LogP contribution < -0.4 is 0 Å². The summed E-state index contributed by atoms with van der Waals surface area (Å²) in [4.78, 5) is 10.6. The number of carboxylic acid groups (broad SMARTS) is 1. The number of hydrogen-bond donors (Lipinski definition) is 1. The molecule has 2 unspecified atom stereocenters. The Labute approximate surface area is 133 Å². The zero-order valence-electron chi connectivity index (χ0n) is 14.0. The van der Waals surface area contributed by atoms with E-state index in [1.807, 2.05) is 6.08 Å². The Morgan fingerprint density at radius 1 is 1.14 bits per heavy atom. The topological polar surface area (TPSA) is 37.3 Å². The standard InChI is InChI=1S/C20H26O2/c1-19(2)9-10-20(3,4)17-12-14(5-7-16(17)19)15-11-13(15)6-8-18(21)22/h5-8,12-13,15H,9-11H2,1-4H3,(H,21,22). The van der Waals surface area contributed by atoms with Crippen LogP contribution in [0.2, 0.25) is 0 Å². The molecule has 2 heteroatoms. The minimum absolute atomic E-state index is 0.238. The third kappa shape index (κ3) is 2.71. The fourth-order valence-electron chi connectivity index (χ4n) is 3.85. The van der Waals surface area contributed by atoms with E-state index in [0.29, 0.717) is 11.8 Å². The Morgan fingerprint density at radius 3 is 2.41 bits per heavy atom. The van der Waals surface area contributed by atoms with Crippen molar-refractivity contribution in [1.29, 1.82) is 0 Å². The molecule has 118 valence electrons. The molecule has 22 heavy (non-hydrogen) atoms. The minimum Gasteiger partial charge on any atom is -0.478 e. The van der Waals surface area contributed by atoms with Crippen LogP contribution in [0.3, 0.4) is 0 Å². The van der Waals surface area contributed by atoms with Crippen molar-refractivity contribution in [3.8, 4) is 0 Å². The van der Waals surface area contributed by atoms with Gasteiger partial charge in [0, 0.05) is 6.08 Å². The van der Waals surface area contributed by atoms with Gasteiger partial charge in [0.2, 0.25) is 0 Å². The number of allylic oxidation sites excluding steroid dienone is 1. The Hall–Kier alpha value is -1.57. The minimum atomic E-state index is -0.848. The van der Waals surface area contributed by atoms with Gasteiger partial charge in [0.05, 0.1) is 0 Å². The summed E-state index contributed by atoms with van der Waals surface area (Å²) in [6, 6.07) is 6.98. The van der Waals surface area contributed by atoms with Crippen LogP contribution in [0.25, 0.3) is 0 Å². The number of fused-ring (bicyclic) bond motifs is 1. The van der Waals surface area contributed by atoms with E-state index in [-0.39, 0.29) is 10.8 Å². The summed E-state index contributed by atoms with van der Waals surface area (Å²) in [5.41, 5.74) is 4.86. The second-order valence-electron chi connectivity index (χ2n) is 8.28. The Kier molecular flexibility index (Phi) is 3.47. The lowest BCUT2D eigenvalue weighted by molar-refractivity contribution is -0.131. The highest BCUT2D eigenvalue weighted by Gasteiger charge is 2.40. The van der Waals surface area contributed by atoms with Crippen LogP contribution in [0.4, 0.5) is 0 Å². The van der Waals surface area contributed by atoms with E-state index in [4.69, 9.17) is 5.11 Å². The number of aliphatic carboxylic acids is 1. The van der Waals surface area contributed by atoms with E-state index in [2.05, 4.69) is 45.9 Å². The lowest BCUT2D eigenvalue weighted by Gasteiger charge is -2.42. The van der Waals surface area contributed by atoms with E-state index in [9.17, 15) is 4.79 Å². The van der Waals surface area contributed by atoms with Crippen LogP contribution >= 0.6 is 0 Å². The molecule has 0 spiro atoms. The molecule has 2 aliphatic rings. The lowest BCUT2D eigenvalue weighted by atomic mass is 9.63. The lowest BCUT2D eigenvalue weighted by Crippen LogP contribution is -2.33. The van der Waals surface area contributed by atoms with Gasteiger partial charge in [-0.25, -0.2) is 4.79 Å². The molecular weight excluding hydrogens is 272 g/mol. The first-order valence-corrected chi connectivity index (χ1v) is 8.27. The van der Waals surface area contributed by atoms with Gasteiger partial charge in [0.25, 0.3) is 0 Å². The summed E-state index contributed by atoms with van der Waals surface area (Å²) in [5, 5.41) is 8.74. The summed E-state index contributed by atoms with van der Waals surface area (Å²) < 4.78 is 0. The maximum absolute atomic E-state index is 10.6. The molecule has 2 aliphatic carbocycles. The first-order chi connectivity index (χ1) is 10.2. The highest BCUT2D eigenvalue weighted by atomic mass is 16.4. The third-order valence-electron chi connectivity index (χ3n) is 5.63. The molecule has 1 aromatic carbocycles. The van der Waals surface area contributed by atoms with Crippen molar-refractivity contribution in [2.45, 2.75) is 63.7 Å². The van der Waals surface area contributed by atoms with Crippen molar-refractivity contribution in [1.82, 2.24) is 0 Å². The second-order valence-corrected chi connectivity index (χ2v) is 8.28. The SMILES string of the molecule is CC1(C)CCC(C)(C)c2cc(C3CC3C=CC(=O)O)ccc21. The molecule has 0 amide bonds. The highest BCUT2D eigenvalue weighted by molar-refractivity contribution is 5.79. The van der Waals surface area contributed by atoms with E-state index >= 15 is 0 Å². The monoisotopic (exact) mass is 298 g/mol. The molecule has 1 saturated carbocycles. The van der Waals surface area contributed by atoms with Crippen molar-refractivity contribution >= 4 is 5.97 Å². The van der Waals surface area contributed by atoms with Crippen molar-refractivity contribution in [2.24, 2.45) is 5.92 Å². The van der Waals surface area contributed by atoms with E-state index in [1.165, 1.54) is 35.6 Å². The number of hydrogen-bond acceptors (Lipinski definition) is 1. The molecule has 1 aromatic rings. The molecule has 3 rings (SSSR count). The summed E-state index contributed by atoms with van der Waals surface area (Å²) in [5.74, 6) is 0.0505. The van der Waals surface area contributed by atoms with Gasteiger partial charge in [-0.15, -0.1) is 0 Å². The van der Waals surface area contributed by atoms with Gasteiger partial charge in [-0.2, -0.15) is 0 Å². The summed E-state index contributed by atoms with van der Waals surface area (Å²) >= 11 is 0. The van der Waals surface area contributed by atoms with Crippen molar-refractivity contribution in [2.75, 3.05) is 0 Å². The zero-order chi connectivity index (χ0) is 16.1. The molecule has 0 aliphatic heterocycles. The molecule has 1 N–H and O–H groups in total. The fraction of sp³-hybridized carbons (Fsp3) is 0.550. The van der Waals surface area contributed by atoms with Gasteiger partial charge in [-0.1, -0.05) is 52.0 Å². The molecule has 1 fully saturated rings. The number of carboxylic acids is 1.